The lowest BCUT2D eigenvalue weighted by molar-refractivity contribution is -0.143. The Balaban J connectivity index is 1.14. The van der Waals surface area contributed by atoms with Crippen LogP contribution in [0.25, 0.3) is 0 Å². The number of hydrogen-bond acceptors (Lipinski definition) is 6. The van der Waals surface area contributed by atoms with Crippen molar-refractivity contribution in [2.75, 3.05) is 19.6 Å². The minimum absolute atomic E-state index is 0.00519. The van der Waals surface area contributed by atoms with E-state index in [9.17, 15) is 14.7 Å². The molecular weight excluding hydrogens is 564 g/mol. The second kappa shape index (κ2) is 12.7. The van der Waals surface area contributed by atoms with E-state index in [1.807, 2.05) is 6.07 Å². The summed E-state index contributed by atoms with van der Waals surface area (Å²) >= 11 is 0. The van der Waals surface area contributed by atoms with Crippen LogP contribution in [0.2, 0.25) is 0 Å². The van der Waals surface area contributed by atoms with Crippen LogP contribution in [-0.4, -0.2) is 70.7 Å². The van der Waals surface area contributed by atoms with E-state index in [0.717, 1.165) is 96.0 Å². The Morgan fingerprint density at radius 3 is 2.67 bits per heavy atom. The molecule has 7 atom stereocenters. The Bertz CT molecular complexity index is 1400. The molecule has 1 amide bonds. The summed E-state index contributed by atoms with van der Waals surface area (Å²) in [7, 11) is 0. The van der Waals surface area contributed by atoms with Gasteiger partial charge in [0.05, 0.1) is 12.1 Å². The summed E-state index contributed by atoms with van der Waals surface area (Å²) in [5.74, 6) is 2.01. The molecular formula is C38H50N2O5. The number of ether oxygens (including phenoxy) is 2. The van der Waals surface area contributed by atoms with Crippen LogP contribution in [0, 0.1) is 11.8 Å². The number of aliphatic hydroxyl groups excluding tert-OH is 1. The van der Waals surface area contributed by atoms with Crippen molar-refractivity contribution in [3.05, 3.63) is 59.2 Å². The zero-order valence-corrected chi connectivity index (χ0v) is 27.1. The van der Waals surface area contributed by atoms with Gasteiger partial charge < -0.3 is 19.5 Å². The fourth-order valence-electron chi connectivity index (χ4n) is 9.47. The van der Waals surface area contributed by atoms with Crippen LogP contribution in [0.3, 0.4) is 0 Å². The largest absolute Gasteiger partial charge is 0.483 e. The van der Waals surface area contributed by atoms with Gasteiger partial charge in [0.15, 0.2) is 11.5 Å². The number of likely N-dealkylation sites (tertiary alicyclic amines) is 1. The van der Waals surface area contributed by atoms with Gasteiger partial charge in [-0.25, -0.2) is 0 Å². The maximum absolute atomic E-state index is 14.1. The van der Waals surface area contributed by atoms with Crippen LogP contribution in [0.1, 0.15) is 94.7 Å². The fraction of sp³-hybridized carbons (Fsp3) is 0.632. The van der Waals surface area contributed by atoms with Crippen LogP contribution < -0.4 is 9.47 Å². The molecule has 5 aliphatic rings. The van der Waals surface area contributed by atoms with Gasteiger partial charge in [0.25, 0.3) is 0 Å². The number of carbonyl (C=O) groups is 2. The molecule has 2 aromatic carbocycles. The lowest BCUT2D eigenvalue weighted by atomic mass is 9.51. The maximum atomic E-state index is 14.1. The van der Waals surface area contributed by atoms with Crippen LogP contribution in [0.4, 0.5) is 0 Å². The Morgan fingerprint density at radius 2 is 1.91 bits per heavy atom. The van der Waals surface area contributed by atoms with Crippen molar-refractivity contribution < 1.29 is 24.2 Å². The molecule has 3 aliphatic carbocycles. The highest BCUT2D eigenvalue weighted by Crippen LogP contribution is 2.64. The SMILES string of the molecule is CCCCN(C(=O)CCCCCc1ccccc1)[C@H]1CC[C@H]2[C@H]3Cc4ccc(OC(C)=O)c5c4[C@@]2(CCN3CC2CC2O)[C@H]1O5. The zero-order chi connectivity index (χ0) is 31.1. The Morgan fingerprint density at radius 1 is 1.09 bits per heavy atom. The Kier molecular flexibility index (Phi) is 8.68. The van der Waals surface area contributed by atoms with Crippen LogP contribution in [0.5, 0.6) is 11.5 Å². The fourth-order valence-corrected chi connectivity index (χ4v) is 9.47. The average Bonchev–Trinajstić information content (AvgIpc) is 3.61. The van der Waals surface area contributed by atoms with Gasteiger partial charge in [0.1, 0.15) is 6.10 Å². The molecule has 2 heterocycles. The van der Waals surface area contributed by atoms with Crippen molar-refractivity contribution in [2.24, 2.45) is 11.8 Å². The molecule has 3 fully saturated rings. The van der Waals surface area contributed by atoms with Gasteiger partial charge in [0.2, 0.25) is 5.91 Å². The summed E-state index contributed by atoms with van der Waals surface area (Å²) in [6, 6.07) is 15.1. The number of rotatable bonds is 13. The molecule has 7 rings (SSSR count). The zero-order valence-electron chi connectivity index (χ0n) is 27.1. The van der Waals surface area contributed by atoms with Gasteiger partial charge in [-0.05, 0) is 87.4 Å². The van der Waals surface area contributed by atoms with Gasteiger partial charge in [-0.1, -0.05) is 56.2 Å². The smallest absolute Gasteiger partial charge is 0.308 e. The molecule has 2 saturated carbocycles. The van der Waals surface area contributed by atoms with E-state index >= 15 is 0 Å². The third-order valence-electron chi connectivity index (χ3n) is 11.7. The van der Waals surface area contributed by atoms with E-state index in [2.05, 4.69) is 53.1 Å². The first-order valence-electron chi connectivity index (χ1n) is 17.7. The third-order valence-corrected chi connectivity index (χ3v) is 11.7. The molecule has 0 aromatic heterocycles. The molecule has 0 radical (unpaired) electrons. The minimum atomic E-state index is -0.339. The molecule has 2 aromatic rings. The number of carbonyl (C=O) groups excluding carboxylic acids is 2. The van der Waals surface area contributed by atoms with E-state index in [-0.39, 0.29) is 35.5 Å². The number of aliphatic hydroxyl groups is 1. The van der Waals surface area contributed by atoms with Crippen LogP contribution in [0.15, 0.2) is 42.5 Å². The van der Waals surface area contributed by atoms with Gasteiger partial charge in [-0.3, -0.25) is 14.5 Å². The molecule has 7 nitrogen and oxygen atoms in total. The predicted molar refractivity (Wildman–Crippen MR) is 173 cm³/mol. The summed E-state index contributed by atoms with van der Waals surface area (Å²) in [5.41, 5.74) is 3.73. The van der Waals surface area contributed by atoms with Gasteiger partial charge in [0, 0.05) is 49.4 Å². The monoisotopic (exact) mass is 614 g/mol. The van der Waals surface area contributed by atoms with E-state index in [1.165, 1.54) is 23.6 Å². The molecule has 1 N–H and O–H groups in total. The number of esters is 1. The Hall–Kier alpha value is -2.90. The van der Waals surface area contributed by atoms with Gasteiger partial charge >= 0.3 is 5.97 Å². The average molecular weight is 615 g/mol. The highest BCUT2D eigenvalue weighted by molar-refractivity contribution is 5.77. The third kappa shape index (κ3) is 5.69. The normalized spacial score (nSPS) is 30.7. The predicted octanol–water partition coefficient (Wildman–Crippen LogP) is 5.83. The second-order valence-electron chi connectivity index (χ2n) is 14.4. The summed E-state index contributed by atoms with van der Waals surface area (Å²) in [4.78, 5) is 31.1. The van der Waals surface area contributed by atoms with E-state index in [0.29, 0.717) is 30.0 Å². The number of hydrogen-bond donors (Lipinski definition) is 1. The number of benzene rings is 2. The molecule has 1 spiro atoms. The minimum Gasteiger partial charge on any atom is -0.483 e. The van der Waals surface area contributed by atoms with Crippen molar-refractivity contribution in [2.45, 2.75) is 121 Å². The number of unbranched alkanes of at least 4 members (excludes halogenated alkanes) is 3. The second-order valence-corrected chi connectivity index (χ2v) is 14.4. The van der Waals surface area contributed by atoms with Gasteiger partial charge in [-0.2, -0.15) is 0 Å². The summed E-state index contributed by atoms with van der Waals surface area (Å²) in [6.45, 7) is 6.34. The van der Waals surface area contributed by atoms with Gasteiger partial charge in [-0.15, -0.1) is 0 Å². The summed E-state index contributed by atoms with van der Waals surface area (Å²) < 4.78 is 12.8. The lowest BCUT2D eigenvalue weighted by Crippen LogP contribution is -2.69. The van der Waals surface area contributed by atoms with Crippen LogP contribution >= 0.6 is 0 Å². The van der Waals surface area contributed by atoms with Crippen molar-refractivity contribution in [3.63, 3.8) is 0 Å². The molecule has 2 unspecified atom stereocenters. The van der Waals surface area contributed by atoms with E-state index < -0.39 is 0 Å². The quantitative estimate of drug-likeness (QED) is 0.174. The molecule has 1 saturated heterocycles. The molecule has 2 aliphatic heterocycles. The summed E-state index contributed by atoms with van der Waals surface area (Å²) in [6.07, 6.45) is 11.3. The molecule has 2 bridgehead atoms. The van der Waals surface area contributed by atoms with Crippen LogP contribution in [-0.2, 0) is 27.8 Å². The van der Waals surface area contributed by atoms with Crippen molar-refractivity contribution in [1.82, 2.24) is 9.80 Å². The number of aryl methyl sites for hydroxylation is 1. The first-order valence-corrected chi connectivity index (χ1v) is 17.7. The van der Waals surface area contributed by atoms with Crippen molar-refractivity contribution in [1.29, 1.82) is 0 Å². The number of amides is 1. The van der Waals surface area contributed by atoms with Crippen molar-refractivity contribution in [3.8, 4) is 11.5 Å². The first-order chi connectivity index (χ1) is 21.9. The topological polar surface area (TPSA) is 79.3 Å². The molecule has 45 heavy (non-hydrogen) atoms. The lowest BCUT2D eigenvalue weighted by Gasteiger charge is -2.60. The van der Waals surface area contributed by atoms with Crippen molar-refractivity contribution >= 4 is 11.9 Å². The summed E-state index contributed by atoms with van der Waals surface area (Å²) in [5, 5.41) is 10.2. The highest BCUT2D eigenvalue weighted by atomic mass is 16.6. The Labute approximate surface area is 268 Å². The first kappa shape index (κ1) is 30.7. The highest BCUT2D eigenvalue weighted by Gasteiger charge is 2.67. The number of piperidine rings is 1. The van der Waals surface area contributed by atoms with E-state index in [4.69, 9.17) is 9.47 Å². The number of nitrogens with zero attached hydrogens (tertiary/aromatic N) is 2. The maximum Gasteiger partial charge on any atom is 0.308 e. The molecule has 242 valence electrons. The standard InChI is InChI=1S/C38H50N2O5/c1-3-4-20-40(34(43)14-10-6-9-13-26-11-7-5-8-12-26)30-17-16-29-31-22-27-15-18-33(44-25(2)41)36-35(27)38(29,37(30)45-36)19-21-39(31)24-28-23-32(28)42/h5,7-8,11-12,15,18,28-32,37,42H,3-4,6,9-10,13-14,16-17,19-24H2,1-2H3/t28?,29-,30-,31+,32?,37-,38-/m0/s1. The molecule has 7 heteroatoms. The van der Waals surface area contributed by atoms with E-state index in [1.54, 1.807) is 0 Å².